The number of aliphatic carboxylic acids is 1. The van der Waals surface area contributed by atoms with Gasteiger partial charge in [-0.05, 0) is 31.0 Å². The van der Waals surface area contributed by atoms with E-state index in [9.17, 15) is 14.7 Å². The molecule has 2 saturated heterocycles. The molecular formula is C18H20N4O4. The fourth-order valence-corrected chi connectivity index (χ4v) is 4.02. The molecule has 0 aromatic carbocycles. The van der Waals surface area contributed by atoms with E-state index in [-0.39, 0.29) is 12.5 Å². The number of amides is 1. The fourth-order valence-electron chi connectivity index (χ4n) is 4.02. The van der Waals surface area contributed by atoms with Crippen molar-refractivity contribution in [2.75, 3.05) is 26.3 Å². The normalized spacial score (nSPS) is 21.8. The number of nitrogens with one attached hydrogen (secondary N) is 1. The van der Waals surface area contributed by atoms with Gasteiger partial charge in [0.15, 0.2) is 0 Å². The zero-order chi connectivity index (χ0) is 18.1. The number of likely N-dealkylation sites (tertiary alicyclic amines) is 1. The number of H-pyrrole nitrogens is 1. The van der Waals surface area contributed by atoms with Crippen molar-refractivity contribution in [3.63, 3.8) is 0 Å². The average Bonchev–Trinajstić information content (AvgIpc) is 3.28. The molecule has 2 N–H and O–H groups in total. The smallest absolute Gasteiger partial charge is 0.308 e. The molecule has 2 aliphatic rings. The van der Waals surface area contributed by atoms with Crippen LogP contribution in [0.4, 0.5) is 0 Å². The van der Waals surface area contributed by atoms with E-state index in [1.807, 2.05) is 12.1 Å². The van der Waals surface area contributed by atoms with Gasteiger partial charge in [-0.1, -0.05) is 0 Å². The van der Waals surface area contributed by atoms with Gasteiger partial charge in [0, 0.05) is 49.7 Å². The number of ether oxygens (including phenoxy) is 1. The highest BCUT2D eigenvalue weighted by atomic mass is 16.5. The van der Waals surface area contributed by atoms with Gasteiger partial charge < -0.3 is 14.7 Å². The van der Waals surface area contributed by atoms with Crippen LogP contribution < -0.4 is 0 Å². The lowest BCUT2D eigenvalue weighted by Gasteiger charge is -2.36. The van der Waals surface area contributed by atoms with E-state index >= 15 is 0 Å². The summed E-state index contributed by atoms with van der Waals surface area (Å²) in [5.41, 5.74) is 1.49. The molecule has 4 rings (SSSR count). The van der Waals surface area contributed by atoms with Crippen LogP contribution in [0.5, 0.6) is 0 Å². The Labute approximate surface area is 150 Å². The van der Waals surface area contributed by atoms with E-state index in [2.05, 4.69) is 15.2 Å². The average molecular weight is 356 g/mol. The molecule has 4 heterocycles. The number of pyridine rings is 1. The number of carboxylic acids is 1. The third-order valence-corrected chi connectivity index (χ3v) is 5.51. The Morgan fingerprint density at radius 3 is 2.69 bits per heavy atom. The number of aromatic amines is 1. The molecule has 26 heavy (non-hydrogen) atoms. The minimum Gasteiger partial charge on any atom is -0.481 e. The maximum atomic E-state index is 12.9. The fraction of sp³-hybridized carbons (Fsp3) is 0.444. The van der Waals surface area contributed by atoms with Crippen molar-refractivity contribution >= 4 is 11.9 Å². The Bertz CT molecular complexity index is 814. The van der Waals surface area contributed by atoms with Crippen LogP contribution in [0.3, 0.4) is 0 Å². The summed E-state index contributed by atoms with van der Waals surface area (Å²) in [6.07, 6.45) is 4.66. The summed E-state index contributed by atoms with van der Waals surface area (Å²) < 4.78 is 5.40. The Morgan fingerprint density at radius 2 is 2.00 bits per heavy atom. The maximum absolute atomic E-state index is 12.9. The van der Waals surface area contributed by atoms with Crippen LogP contribution >= 0.6 is 0 Å². The molecule has 0 saturated carbocycles. The molecule has 2 aromatic rings. The van der Waals surface area contributed by atoms with Crippen molar-refractivity contribution in [3.05, 3.63) is 36.3 Å². The number of carbonyl (C=O) groups excluding carboxylic acids is 1. The Balaban J connectivity index is 1.55. The molecule has 8 nitrogen and oxygen atoms in total. The van der Waals surface area contributed by atoms with Crippen LogP contribution in [0, 0.1) is 11.3 Å². The van der Waals surface area contributed by atoms with Gasteiger partial charge in [0.2, 0.25) is 0 Å². The van der Waals surface area contributed by atoms with E-state index in [1.165, 1.54) is 0 Å². The van der Waals surface area contributed by atoms with Crippen molar-refractivity contribution in [3.8, 4) is 11.3 Å². The van der Waals surface area contributed by atoms with Crippen LogP contribution in [-0.2, 0) is 9.53 Å². The highest BCUT2D eigenvalue weighted by Crippen LogP contribution is 2.44. The predicted octanol–water partition coefficient (Wildman–Crippen LogP) is 1.43. The van der Waals surface area contributed by atoms with Gasteiger partial charge in [-0.25, -0.2) is 0 Å². The van der Waals surface area contributed by atoms with Crippen LogP contribution in [0.2, 0.25) is 0 Å². The molecule has 1 atom stereocenters. The topological polar surface area (TPSA) is 108 Å². The number of hydrogen-bond donors (Lipinski definition) is 2. The summed E-state index contributed by atoms with van der Waals surface area (Å²) in [6.45, 7) is 1.75. The molecule has 0 bridgehead atoms. The molecule has 2 aliphatic heterocycles. The molecular weight excluding hydrogens is 336 g/mol. The van der Waals surface area contributed by atoms with Crippen molar-refractivity contribution < 1.29 is 19.4 Å². The molecule has 2 fully saturated rings. The molecule has 1 unspecified atom stereocenters. The summed E-state index contributed by atoms with van der Waals surface area (Å²) in [5, 5.41) is 16.6. The number of nitrogens with zero attached hydrogens (tertiary/aromatic N) is 3. The zero-order valence-electron chi connectivity index (χ0n) is 14.2. The van der Waals surface area contributed by atoms with Crippen LogP contribution in [0.25, 0.3) is 11.3 Å². The maximum Gasteiger partial charge on any atom is 0.308 e. The predicted molar refractivity (Wildman–Crippen MR) is 91.3 cm³/mol. The first-order valence-corrected chi connectivity index (χ1v) is 8.65. The largest absolute Gasteiger partial charge is 0.481 e. The Kier molecular flexibility index (Phi) is 4.20. The Hall–Kier alpha value is -2.74. The first-order chi connectivity index (χ1) is 12.6. The molecule has 1 amide bonds. The summed E-state index contributed by atoms with van der Waals surface area (Å²) in [7, 11) is 0. The minimum absolute atomic E-state index is 0.215. The molecule has 0 aliphatic carbocycles. The lowest BCUT2D eigenvalue weighted by molar-refractivity contribution is -0.146. The highest BCUT2D eigenvalue weighted by molar-refractivity contribution is 5.94. The lowest BCUT2D eigenvalue weighted by atomic mass is 9.72. The lowest BCUT2D eigenvalue weighted by Crippen LogP contribution is -2.40. The molecule has 2 aromatic heterocycles. The first kappa shape index (κ1) is 16.7. The number of hydrogen-bond acceptors (Lipinski definition) is 5. The summed E-state index contributed by atoms with van der Waals surface area (Å²) in [6, 6.07) is 5.33. The van der Waals surface area contributed by atoms with Crippen molar-refractivity contribution in [1.29, 1.82) is 0 Å². The number of carboxylic acid groups (broad SMARTS) is 1. The summed E-state index contributed by atoms with van der Waals surface area (Å²) in [5.74, 6) is -1.62. The molecule has 8 heteroatoms. The third kappa shape index (κ3) is 2.86. The summed E-state index contributed by atoms with van der Waals surface area (Å²) in [4.78, 5) is 30.3. The van der Waals surface area contributed by atoms with E-state index in [0.717, 1.165) is 5.56 Å². The zero-order valence-corrected chi connectivity index (χ0v) is 14.2. The van der Waals surface area contributed by atoms with E-state index in [0.29, 0.717) is 44.0 Å². The van der Waals surface area contributed by atoms with Crippen LogP contribution in [-0.4, -0.2) is 63.4 Å². The summed E-state index contributed by atoms with van der Waals surface area (Å²) >= 11 is 0. The standard InChI is InChI=1S/C18H20N4O4/c23-16(15-9-14(20-21-15)12-1-5-19-6-2-12)22-10-13(17(24)25)18(11-22)3-7-26-8-4-18/h1-2,5-6,9,13H,3-4,7-8,10-11H2,(H,20,21)(H,24,25). The van der Waals surface area contributed by atoms with Crippen molar-refractivity contribution in [2.45, 2.75) is 12.8 Å². The molecule has 136 valence electrons. The first-order valence-electron chi connectivity index (χ1n) is 8.65. The van der Waals surface area contributed by atoms with Crippen LogP contribution in [0.1, 0.15) is 23.3 Å². The molecule has 1 spiro atoms. The second-order valence-corrected chi connectivity index (χ2v) is 6.95. The number of aromatic nitrogens is 3. The van der Waals surface area contributed by atoms with Gasteiger partial charge in [0.1, 0.15) is 5.69 Å². The van der Waals surface area contributed by atoms with Crippen molar-refractivity contribution in [1.82, 2.24) is 20.1 Å². The van der Waals surface area contributed by atoms with Gasteiger partial charge in [-0.2, -0.15) is 5.10 Å². The van der Waals surface area contributed by atoms with E-state index < -0.39 is 17.3 Å². The third-order valence-electron chi connectivity index (χ3n) is 5.51. The minimum atomic E-state index is -0.843. The number of carbonyl (C=O) groups is 2. The van der Waals surface area contributed by atoms with Crippen molar-refractivity contribution in [2.24, 2.45) is 11.3 Å². The van der Waals surface area contributed by atoms with Gasteiger partial charge in [0.25, 0.3) is 5.91 Å². The van der Waals surface area contributed by atoms with Gasteiger partial charge in [-0.3, -0.25) is 19.7 Å². The molecule has 0 radical (unpaired) electrons. The second kappa shape index (κ2) is 6.53. The van der Waals surface area contributed by atoms with Gasteiger partial charge in [-0.15, -0.1) is 0 Å². The Morgan fingerprint density at radius 1 is 1.27 bits per heavy atom. The van der Waals surface area contributed by atoms with Gasteiger partial charge >= 0.3 is 5.97 Å². The van der Waals surface area contributed by atoms with Gasteiger partial charge in [0.05, 0.1) is 11.6 Å². The van der Waals surface area contributed by atoms with E-state index in [1.54, 1.807) is 23.4 Å². The quantitative estimate of drug-likeness (QED) is 0.861. The number of rotatable bonds is 3. The monoisotopic (exact) mass is 356 g/mol. The second-order valence-electron chi connectivity index (χ2n) is 6.95. The van der Waals surface area contributed by atoms with E-state index in [4.69, 9.17) is 4.74 Å². The highest BCUT2D eigenvalue weighted by Gasteiger charge is 2.52. The van der Waals surface area contributed by atoms with Crippen LogP contribution in [0.15, 0.2) is 30.6 Å². The SMILES string of the molecule is O=C(O)C1CN(C(=O)c2cc(-c3ccncc3)n[nH]2)CC12CCOCC2.